The first-order valence-electron chi connectivity index (χ1n) is 6.18. The molecule has 0 fully saturated rings. The smallest absolute Gasteiger partial charge is 0.0228 e. The zero-order valence-electron chi connectivity index (χ0n) is 11.2. The lowest BCUT2D eigenvalue weighted by atomic mass is 9.92. The van der Waals surface area contributed by atoms with Crippen molar-refractivity contribution in [2.75, 3.05) is 7.05 Å². The molecule has 1 nitrogen and oxygen atoms in total. The second-order valence-electron chi connectivity index (χ2n) is 4.61. The fourth-order valence-electron chi connectivity index (χ4n) is 2.07. The molecular weight excluding hydrogens is 206 g/mol. The van der Waals surface area contributed by atoms with Crippen LogP contribution >= 0.6 is 0 Å². The van der Waals surface area contributed by atoms with Crippen LogP contribution in [-0.2, 0) is 6.42 Å². The van der Waals surface area contributed by atoms with Crippen LogP contribution in [0.15, 0.2) is 48.7 Å². The molecule has 1 rings (SSSR count). The summed E-state index contributed by atoms with van der Waals surface area (Å²) in [6.07, 6.45) is 2.03. The number of hydrogen-bond acceptors (Lipinski definition) is 1. The number of likely N-dealkylation sites (N-methyl/N-ethyl adjacent to an activating group) is 1. The summed E-state index contributed by atoms with van der Waals surface area (Å²) < 4.78 is 0. The van der Waals surface area contributed by atoms with Crippen molar-refractivity contribution in [2.45, 2.75) is 32.6 Å². The molecule has 0 aliphatic carbocycles. The third-order valence-electron chi connectivity index (χ3n) is 3.04. The molecule has 17 heavy (non-hydrogen) atoms. The van der Waals surface area contributed by atoms with Crippen LogP contribution in [0.2, 0.25) is 0 Å². The lowest BCUT2D eigenvalue weighted by Crippen LogP contribution is -2.13. The molecule has 1 aromatic carbocycles. The second-order valence-corrected chi connectivity index (χ2v) is 4.61. The first-order chi connectivity index (χ1) is 8.08. The Bertz CT molecular complexity index is 386. The van der Waals surface area contributed by atoms with Crippen LogP contribution < -0.4 is 5.32 Å². The van der Waals surface area contributed by atoms with Gasteiger partial charge in [0.15, 0.2) is 0 Å². The van der Waals surface area contributed by atoms with Crippen molar-refractivity contribution in [3.63, 3.8) is 0 Å². The predicted molar refractivity (Wildman–Crippen MR) is 76.2 cm³/mol. The summed E-state index contributed by atoms with van der Waals surface area (Å²) in [5.41, 5.74) is 4.94. The highest BCUT2D eigenvalue weighted by molar-refractivity contribution is 5.31. The van der Waals surface area contributed by atoms with Gasteiger partial charge >= 0.3 is 0 Å². The van der Waals surface area contributed by atoms with E-state index < -0.39 is 0 Å². The zero-order chi connectivity index (χ0) is 12.8. The van der Waals surface area contributed by atoms with Crippen LogP contribution in [0, 0.1) is 0 Å². The van der Waals surface area contributed by atoms with E-state index in [9.17, 15) is 0 Å². The van der Waals surface area contributed by atoms with Crippen molar-refractivity contribution in [1.82, 2.24) is 5.32 Å². The number of benzene rings is 1. The van der Waals surface area contributed by atoms with Crippen LogP contribution in [-0.4, -0.2) is 7.05 Å². The Kier molecular flexibility index (Phi) is 5.02. The maximum absolute atomic E-state index is 4.07. The van der Waals surface area contributed by atoms with Gasteiger partial charge in [0.2, 0.25) is 0 Å². The highest BCUT2D eigenvalue weighted by Crippen LogP contribution is 2.25. The Labute approximate surface area is 105 Å². The van der Waals surface area contributed by atoms with E-state index in [1.807, 2.05) is 7.05 Å². The molecule has 0 saturated heterocycles. The summed E-state index contributed by atoms with van der Waals surface area (Å²) in [5, 5.41) is 3.15. The highest BCUT2D eigenvalue weighted by Gasteiger charge is 2.11. The van der Waals surface area contributed by atoms with E-state index in [-0.39, 0.29) is 0 Å². The molecule has 0 spiro atoms. The maximum atomic E-state index is 4.07. The first-order valence-corrected chi connectivity index (χ1v) is 6.18. The van der Waals surface area contributed by atoms with E-state index in [1.54, 1.807) is 0 Å². The fraction of sp³-hybridized carbons (Fsp3) is 0.375. The van der Waals surface area contributed by atoms with Crippen LogP contribution in [0.5, 0.6) is 0 Å². The average molecular weight is 229 g/mol. The second kappa shape index (κ2) is 6.29. The summed E-state index contributed by atoms with van der Waals surface area (Å²) in [7, 11) is 1.93. The van der Waals surface area contributed by atoms with Gasteiger partial charge in [-0.05, 0) is 30.9 Å². The molecule has 1 aromatic rings. The summed E-state index contributed by atoms with van der Waals surface area (Å²) >= 11 is 0. The Balaban J connectivity index is 2.85. The standard InChI is InChI=1S/C16H23N/c1-6-16(13(4)17-5)15-9-7-14(8-10-15)11-12(2)3/h7-10,16-17H,2,4,6,11H2,1,3,5H3. The van der Waals surface area contributed by atoms with Crippen molar-refractivity contribution in [3.8, 4) is 0 Å². The van der Waals surface area contributed by atoms with Crippen molar-refractivity contribution in [3.05, 3.63) is 59.8 Å². The van der Waals surface area contributed by atoms with Crippen LogP contribution in [0.25, 0.3) is 0 Å². The minimum absolute atomic E-state index is 0.402. The van der Waals surface area contributed by atoms with Crippen molar-refractivity contribution in [1.29, 1.82) is 0 Å². The van der Waals surface area contributed by atoms with E-state index in [0.717, 1.165) is 18.5 Å². The van der Waals surface area contributed by atoms with E-state index in [4.69, 9.17) is 0 Å². The molecule has 1 heteroatoms. The first kappa shape index (κ1) is 13.6. The summed E-state index contributed by atoms with van der Waals surface area (Å²) in [6.45, 7) is 12.3. The molecule has 0 aliphatic heterocycles. The molecule has 0 bridgehead atoms. The Hall–Kier alpha value is -1.50. The van der Waals surface area contributed by atoms with Crippen molar-refractivity contribution < 1.29 is 0 Å². The van der Waals surface area contributed by atoms with Crippen molar-refractivity contribution >= 4 is 0 Å². The van der Waals surface area contributed by atoms with Crippen LogP contribution in [0.1, 0.15) is 37.3 Å². The van der Waals surface area contributed by atoms with Gasteiger partial charge in [0.05, 0.1) is 0 Å². The number of rotatable bonds is 6. The fourth-order valence-corrected chi connectivity index (χ4v) is 2.07. The van der Waals surface area contributed by atoms with Gasteiger partial charge in [0.25, 0.3) is 0 Å². The Morgan fingerprint density at radius 2 is 1.82 bits per heavy atom. The van der Waals surface area contributed by atoms with Gasteiger partial charge in [-0.2, -0.15) is 0 Å². The molecule has 0 amide bonds. The van der Waals surface area contributed by atoms with Gasteiger partial charge in [0, 0.05) is 18.7 Å². The molecule has 1 N–H and O–H groups in total. The normalized spacial score (nSPS) is 11.9. The lowest BCUT2D eigenvalue weighted by molar-refractivity contribution is 0.706. The topological polar surface area (TPSA) is 12.0 Å². The Morgan fingerprint density at radius 3 is 2.24 bits per heavy atom. The van der Waals surface area contributed by atoms with E-state index >= 15 is 0 Å². The molecular formula is C16H23N. The van der Waals surface area contributed by atoms with Gasteiger partial charge < -0.3 is 5.32 Å². The summed E-state index contributed by atoms with van der Waals surface area (Å²) in [6, 6.07) is 8.79. The SMILES string of the molecule is C=C(C)Cc1ccc(C(CC)C(=C)NC)cc1. The quantitative estimate of drug-likeness (QED) is 0.726. The monoisotopic (exact) mass is 229 g/mol. The predicted octanol–water partition coefficient (Wildman–Crippen LogP) is 4.03. The third kappa shape index (κ3) is 3.77. The number of allylic oxidation sites excluding steroid dienone is 2. The molecule has 0 radical (unpaired) electrons. The van der Waals surface area contributed by atoms with Crippen LogP contribution in [0.3, 0.4) is 0 Å². The molecule has 1 atom stereocenters. The van der Waals surface area contributed by atoms with Gasteiger partial charge in [-0.3, -0.25) is 0 Å². The number of nitrogens with one attached hydrogen (secondary N) is 1. The number of hydrogen-bond donors (Lipinski definition) is 1. The third-order valence-corrected chi connectivity index (χ3v) is 3.04. The molecule has 0 saturated carbocycles. The maximum Gasteiger partial charge on any atom is 0.0228 e. The minimum Gasteiger partial charge on any atom is -0.391 e. The average Bonchev–Trinajstić information content (AvgIpc) is 2.31. The van der Waals surface area contributed by atoms with Gasteiger partial charge in [-0.15, -0.1) is 0 Å². The highest BCUT2D eigenvalue weighted by atomic mass is 14.8. The minimum atomic E-state index is 0.402. The lowest BCUT2D eigenvalue weighted by Gasteiger charge is -2.18. The van der Waals surface area contributed by atoms with Gasteiger partial charge in [-0.25, -0.2) is 0 Å². The Morgan fingerprint density at radius 1 is 1.24 bits per heavy atom. The van der Waals surface area contributed by atoms with E-state index in [2.05, 4.69) is 56.6 Å². The van der Waals surface area contributed by atoms with Crippen LogP contribution in [0.4, 0.5) is 0 Å². The molecule has 1 unspecified atom stereocenters. The molecule has 92 valence electrons. The molecule has 0 aromatic heterocycles. The zero-order valence-corrected chi connectivity index (χ0v) is 11.2. The van der Waals surface area contributed by atoms with Crippen molar-refractivity contribution in [2.24, 2.45) is 0 Å². The van der Waals surface area contributed by atoms with E-state index in [1.165, 1.54) is 16.7 Å². The largest absolute Gasteiger partial charge is 0.391 e. The molecule has 0 heterocycles. The summed E-state index contributed by atoms with van der Waals surface area (Å²) in [5.74, 6) is 0.402. The molecule has 0 aliphatic rings. The van der Waals surface area contributed by atoms with E-state index in [0.29, 0.717) is 5.92 Å². The summed E-state index contributed by atoms with van der Waals surface area (Å²) in [4.78, 5) is 0. The van der Waals surface area contributed by atoms with Gasteiger partial charge in [0.1, 0.15) is 0 Å². The van der Waals surface area contributed by atoms with Gasteiger partial charge in [-0.1, -0.05) is 49.9 Å².